The smallest absolute Gasteiger partial charge is 0.335 e. The molecule has 0 saturated carbocycles. The molecule has 1 aliphatic heterocycles. The van der Waals surface area contributed by atoms with Gasteiger partial charge in [-0.1, -0.05) is 60.7 Å². The Hall–Kier alpha value is -4.16. The number of rotatable bonds is 9. The van der Waals surface area contributed by atoms with Gasteiger partial charge in [0.1, 0.15) is 11.3 Å². The van der Waals surface area contributed by atoms with Crippen molar-refractivity contribution < 1.29 is 24.2 Å². The fourth-order valence-electron chi connectivity index (χ4n) is 4.85. The minimum absolute atomic E-state index is 0.0534. The van der Waals surface area contributed by atoms with E-state index in [4.69, 9.17) is 9.52 Å². The van der Waals surface area contributed by atoms with Gasteiger partial charge in [0.2, 0.25) is 5.91 Å². The number of aromatic carboxylic acids is 1. The largest absolute Gasteiger partial charge is 0.478 e. The minimum atomic E-state index is -0.953. The molecule has 0 radical (unpaired) electrons. The standard InChI is InChI=1S/C31H29NO5/c33-27(19-22-4-3-6-24(18-22)29-20-25-5-1-2-7-28(25)37-29)14-12-26-13-15-30(34)32(26)17-16-21-8-10-23(11-9-21)31(35)36/h1-12,14,18,20,26-27,33H,13,15-17,19H2,(H,35,36)/b14-12+/t26-,27+/m0/s1. The highest BCUT2D eigenvalue weighted by Crippen LogP contribution is 2.28. The molecule has 2 heterocycles. The van der Waals surface area contributed by atoms with Gasteiger partial charge in [-0.25, -0.2) is 4.79 Å². The van der Waals surface area contributed by atoms with Gasteiger partial charge in [-0.05, 0) is 54.3 Å². The van der Waals surface area contributed by atoms with Gasteiger partial charge in [0, 0.05) is 30.3 Å². The molecule has 0 spiro atoms. The molecule has 0 unspecified atom stereocenters. The number of aliphatic hydroxyl groups excluding tert-OH is 1. The van der Waals surface area contributed by atoms with Crippen LogP contribution in [-0.2, 0) is 17.6 Å². The van der Waals surface area contributed by atoms with Gasteiger partial charge in [-0.2, -0.15) is 0 Å². The average Bonchev–Trinajstić information content (AvgIpc) is 3.50. The Morgan fingerprint density at radius 3 is 2.62 bits per heavy atom. The van der Waals surface area contributed by atoms with Crippen LogP contribution < -0.4 is 0 Å². The topological polar surface area (TPSA) is 91.0 Å². The van der Waals surface area contributed by atoms with Crippen LogP contribution in [-0.4, -0.2) is 45.7 Å². The number of benzene rings is 3. The summed E-state index contributed by atoms with van der Waals surface area (Å²) in [6.07, 6.45) is 5.36. The minimum Gasteiger partial charge on any atom is -0.478 e. The molecule has 1 aromatic heterocycles. The summed E-state index contributed by atoms with van der Waals surface area (Å²) in [5.41, 5.74) is 4.04. The van der Waals surface area contributed by atoms with Crippen molar-refractivity contribution in [3.8, 4) is 11.3 Å². The maximum atomic E-state index is 12.5. The quantitative estimate of drug-likeness (QED) is 0.300. The lowest BCUT2D eigenvalue weighted by Gasteiger charge is -2.23. The van der Waals surface area contributed by atoms with Crippen molar-refractivity contribution >= 4 is 22.8 Å². The molecule has 5 rings (SSSR count). The maximum Gasteiger partial charge on any atom is 0.335 e. The molecule has 1 fully saturated rings. The van der Waals surface area contributed by atoms with Crippen molar-refractivity contribution in [1.29, 1.82) is 0 Å². The summed E-state index contributed by atoms with van der Waals surface area (Å²) in [6, 6.07) is 24.6. The van der Waals surface area contributed by atoms with Crippen LogP contribution in [0.3, 0.4) is 0 Å². The normalized spacial score (nSPS) is 16.6. The first-order chi connectivity index (χ1) is 18.0. The average molecular weight is 496 g/mol. The van der Waals surface area contributed by atoms with E-state index in [0.717, 1.165) is 39.8 Å². The fourth-order valence-corrected chi connectivity index (χ4v) is 4.85. The van der Waals surface area contributed by atoms with Crippen LogP contribution in [0.2, 0.25) is 0 Å². The second-order valence-electron chi connectivity index (χ2n) is 9.45. The summed E-state index contributed by atoms with van der Waals surface area (Å²) in [5, 5.41) is 20.8. The second kappa shape index (κ2) is 10.8. The van der Waals surface area contributed by atoms with Crippen LogP contribution in [0.25, 0.3) is 22.3 Å². The zero-order chi connectivity index (χ0) is 25.8. The van der Waals surface area contributed by atoms with E-state index < -0.39 is 12.1 Å². The third kappa shape index (κ3) is 5.81. The Morgan fingerprint density at radius 2 is 1.84 bits per heavy atom. The fraction of sp³-hybridized carbons (Fsp3) is 0.226. The number of hydrogen-bond donors (Lipinski definition) is 2. The highest BCUT2D eigenvalue weighted by molar-refractivity contribution is 5.87. The molecule has 37 heavy (non-hydrogen) atoms. The Labute approximate surface area is 215 Å². The number of hydrogen-bond acceptors (Lipinski definition) is 4. The van der Waals surface area contributed by atoms with E-state index in [-0.39, 0.29) is 17.5 Å². The van der Waals surface area contributed by atoms with E-state index in [0.29, 0.717) is 25.8 Å². The highest BCUT2D eigenvalue weighted by atomic mass is 16.4. The number of nitrogens with zero attached hydrogens (tertiary/aromatic N) is 1. The van der Waals surface area contributed by atoms with Gasteiger partial charge in [-0.3, -0.25) is 4.79 Å². The van der Waals surface area contributed by atoms with Crippen LogP contribution in [0.15, 0.2) is 95.4 Å². The van der Waals surface area contributed by atoms with Gasteiger partial charge in [0.25, 0.3) is 0 Å². The Morgan fingerprint density at radius 1 is 1.03 bits per heavy atom. The van der Waals surface area contributed by atoms with Gasteiger partial charge < -0.3 is 19.5 Å². The van der Waals surface area contributed by atoms with Crippen molar-refractivity contribution in [2.24, 2.45) is 0 Å². The summed E-state index contributed by atoms with van der Waals surface area (Å²) in [7, 11) is 0. The molecule has 1 aliphatic rings. The molecular formula is C31H29NO5. The summed E-state index contributed by atoms with van der Waals surface area (Å²) in [6.45, 7) is 0.551. The third-order valence-electron chi connectivity index (χ3n) is 6.85. The van der Waals surface area contributed by atoms with Crippen LogP contribution in [0, 0.1) is 0 Å². The first-order valence-electron chi connectivity index (χ1n) is 12.5. The number of furan rings is 1. The molecule has 0 bridgehead atoms. The lowest BCUT2D eigenvalue weighted by Crippen LogP contribution is -2.33. The van der Waals surface area contributed by atoms with Gasteiger partial charge in [0.05, 0.1) is 17.7 Å². The molecule has 3 aromatic carbocycles. The van der Waals surface area contributed by atoms with Crippen LogP contribution >= 0.6 is 0 Å². The van der Waals surface area contributed by atoms with Crippen molar-refractivity contribution in [3.63, 3.8) is 0 Å². The Balaban J connectivity index is 1.20. The molecule has 2 N–H and O–H groups in total. The molecule has 188 valence electrons. The Bertz CT molecular complexity index is 1400. The van der Waals surface area contributed by atoms with E-state index in [2.05, 4.69) is 0 Å². The summed E-state index contributed by atoms with van der Waals surface area (Å²) >= 11 is 0. The number of carbonyl (C=O) groups excluding carboxylic acids is 1. The molecule has 1 saturated heterocycles. The number of aliphatic hydroxyl groups is 1. The van der Waals surface area contributed by atoms with Crippen molar-refractivity contribution in [2.45, 2.75) is 37.8 Å². The number of carboxylic acid groups (broad SMARTS) is 1. The van der Waals surface area contributed by atoms with Gasteiger partial charge in [0.15, 0.2) is 0 Å². The van der Waals surface area contributed by atoms with Gasteiger partial charge >= 0.3 is 5.97 Å². The summed E-state index contributed by atoms with van der Waals surface area (Å²) in [4.78, 5) is 25.3. The molecule has 4 aromatic rings. The summed E-state index contributed by atoms with van der Waals surface area (Å²) in [5.74, 6) is -0.0538. The lowest BCUT2D eigenvalue weighted by molar-refractivity contribution is -0.128. The van der Waals surface area contributed by atoms with Crippen LogP contribution in [0.4, 0.5) is 0 Å². The van der Waals surface area contributed by atoms with E-state index >= 15 is 0 Å². The lowest BCUT2D eigenvalue weighted by atomic mass is 10.0. The first-order valence-corrected chi connectivity index (χ1v) is 12.5. The SMILES string of the molecule is O=C(O)c1ccc(CCN2C(=O)CC[C@@H]2/C=C/[C@@H](O)Cc2cccc(-c3cc4ccccc4o3)c2)cc1. The second-order valence-corrected chi connectivity index (χ2v) is 9.45. The van der Waals surface area contributed by atoms with Crippen molar-refractivity contribution in [3.05, 3.63) is 108 Å². The van der Waals surface area contributed by atoms with Crippen molar-refractivity contribution in [2.75, 3.05) is 6.54 Å². The first kappa shape index (κ1) is 24.5. The van der Waals surface area contributed by atoms with Crippen LogP contribution in [0.1, 0.15) is 34.3 Å². The van der Waals surface area contributed by atoms with Crippen LogP contribution in [0.5, 0.6) is 0 Å². The van der Waals surface area contributed by atoms with E-state index in [1.54, 1.807) is 30.3 Å². The predicted molar refractivity (Wildman–Crippen MR) is 142 cm³/mol. The zero-order valence-corrected chi connectivity index (χ0v) is 20.4. The number of para-hydroxylation sites is 1. The predicted octanol–water partition coefficient (Wildman–Crippen LogP) is 5.49. The van der Waals surface area contributed by atoms with E-state index in [9.17, 15) is 14.7 Å². The number of likely N-dealkylation sites (tertiary alicyclic amines) is 1. The number of amides is 1. The summed E-state index contributed by atoms with van der Waals surface area (Å²) < 4.78 is 5.98. The maximum absolute atomic E-state index is 12.5. The number of carboxylic acids is 1. The molecular weight excluding hydrogens is 466 g/mol. The van der Waals surface area contributed by atoms with E-state index in [1.165, 1.54) is 0 Å². The molecule has 1 amide bonds. The van der Waals surface area contributed by atoms with E-state index in [1.807, 2.05) is 65.6 Å². The van der Waals surface area contributed by atoms with Crippen molar-refractivity contribution in [1.82, 2.24) is 4.90 Å². The Kier molecular flexibility index (Phi) is 7.19. The molecule has 6 nitrogen and oxygen atoms in total. The molecule has 6 heteroatoms. The van der Waals surface area contributed by atoms with Gasteiger partial charge in [-0.15, -0.1) is 0 Å². The number of carbonyl (C=O) groups is 2. The molecule has 0 aliphatic carbocycles. The monoisotopic (exact) mass is 495 g/mol. The number of fused-ring (bicyclic) bond motifs is 1. The zero-order valence-electron chi connectivity index (χ0n) is 20.4. The third-order valence-corrected chi connectivity index (χ3v) is 6.85. The highest BCUT2D eigenvalue weighted by Gasteiger charge is 2.28. The molecule has 2 atom stereocenters.